The highest BCUT2D eigenvalue weighted by Gasteiger charge is 2.12. The van der Waals surface area contributed by atoms with Crippen molar-refractivity contribution in [2.75, 3.05) is 0 Å². The monoisotopic (exact) mass is 261 g/mol. The van der Waals surface area contributed by atoms with Crippen LogP contribution in [-0.2, 0) is 6.54 Å². The normalized spacial score (nSPS) is 9.54. The van der Waals surface area contributed by atoms with Crippen molar-refractivity contribution < 1.29 is 5.11 Å². The summed E-state index contributed by atoms with van der Waals surface area (Å²) in [4.78, 5) is 0. The molecule has 13 heavy (non-hydrogen) atoms. The highest BCUT2D eigenvalue weighted by atomic mass is 35.5. The molecule has 1 aromatic rings. The first kappa shape index (κ1) is 13.1. The molecule has 6 heteroatoms. The van der Waals surface area contributed by atoms with Crippen molar-refractivity contribution in [2.45, 2.75) is 6.54 Å². The predicted octanol–water partition coefficient (Wildman–Crippen LogP) is 3.23. The molecule has 2 nitrogen and oxygen atoms in total. The Kier molecular flexibility index (Phi) is 5.18. The molecular weight excluding hydrogens is 256 g/mol. The van der Waals surface area contributed by atoms with Crippen LogP contribution in [0.3, 0.4) is 0 Å². The quantitative estimate of drug-likeness (QED) is 0.764. The SMILES string of the molecule is Cl.NCc1cc(Cl)c(O)c(Cl)c1Cl. The van der Waals surface area contributed by atoms with Crippen molar-refractivity contribution in [3.05, 3.63) is 26.7 Å². The summed E-state index contributed by atoms with van der Waals surface area (Å²) in [6, 6.07) is 1.49. The van der Waals surface area contributed by atoms with E-state index >= 15 is 0 Å². The van der Waals surface area contributed by atoms with Crippen molar-refractivity contribution in [1.82, 2.24) is 0 Å². The van der Waals surface area contributed by atoms with Crippen LogP contribution in [0.15, 0.2) is 6.07 Å². The lowest BCUT2D eigenvalue weighted by Gasteiger charge is -2.06. The molecule has 1 rings (SSSR count). The Labute approximate surface area is 97.0 Å². The molecule has 0 unspecified atom stereocenters. The van der Waals surface area contributed by atoms with E-state index in [9.17, 15) is 5.11 Å². The van der Waals surface area contributed by atoms with Gasteiger partial charge in [-0.05, 0) is 11.6 Å². The summed E-state index contributed by atoms with van der Waals surface area (Å²) in [6.45, 7) is 0.235. The van der Waals surface area contributed by atoms with Crippen LogP contribution in [-0.4, -0.2) is 5.11 Å². The second kappa shape index (κ2) is 5.13. The van der Waals surface area contributed by atoms with Gasteiger partial charge < -0.3 is 10.8 Å². The van der Waals surface area contributed by atoms with E-state index in [-0.39, 0.29) is 39.8 Å². The molecule has 0 aliphatic rings. The number of benzene rings is 1. The van der Waals surface area contributed by atoms with Crippen molar-refractivity contribution in [3.8, 4) is 5.75 Å². The number of rotatable bonds is 1. The Morgan fingerprint density at radius 2 is 1.77 bits per heavy atom. The molecule has 0 spiro atoms. The fourth-order valence-corrected chi connectivity index (χ4v) is 1.50. The predicted molar refractivity (Wildman–Crippen MR) is 58.3 cm³/mol. The first-order valence-corrected chi connectivity index (χ1v) is 4.26. The first-order valence-electron chi connectivity index (χ1n) is 3.13. The summed E-state index contributed by atoms with van der Waals surface area (Å²) in [7, 11) is 0. The zero-order valence-electron chi connectivity index (χ0n) is 6.35. The Balaban J connectivity index is 0.00000144. The molecule has 0 saturated carbocycles. The standard InChI is InChI=1S/C7H6Cl3NO.ClH/c8-4-1-3(2-11)5(9)6(10)7(4)12;/h1,12H,2,11H2;1H. The molecule has 3 N–H and O–H groups in total. The summed E-state index contributed by atoms with van der Waals surface area (Å²) >= 11 is 17.0. The zero-order chi connectivity index (χ0) is 9.30. The third kappa shape index (κ3) is 2.55. The van der Waals surface area contributed by atoms with E-state index < -0.39 is 0 Å². The molecule has 1 aromatic carbocycles. The van der Waals surface area contributed by atoms with Crippen LogP contribution in [0.5, 0.6) is 5.75 Å². The molecule has 0 aromatic heterocycles. The number of aromatic hydroxyl groups is 1. The topological polar surface area (TPSA) is 46.2 Å². The van der Waals surface area contributed by atoms with Crippen LogP contribution >= 0.6 is 47.2 Å². The number of halogens is 4. The van der Waals surface area contributed by atoms with Crippen LogP contribution in [0.25, 0.3) is 0 Å². The maximum atomic E-state index is 9.22. The molecule has 0 saturated heterocycles. The molecule has 0 amide bonds. The Hall–Kier alpha value is 0.140. The van der Waals surface area contributed by atoms with Crippen LogP contribution in [0.1, 0.15) is 5.56 Å². The lowest BCUT2D eigenvalue weighted by atomic mass is 10.2. The molecule has 0 aliphatic heterocycles. The van der Waals surface area contributed by atoms with Gasteiger partial charge in [0.15, 0.2) is 5.75 Å². The van der Waals surface area contributed by atoms with Gasteiger partial charge in [0.1, 0.15) is 5.02 Å². The zero-order valence-corrected chi connectivity index (χ0v) is 9.44. The minimum absolute atomic E-state index is 0. The van der Waals surface area contributed by atoms with Gasteiger partial charge in [-0.3, -0.25) is 0 Å². The summed E-state index contributed by atoms with van der Waals surface area (Å²) < 4.78 is 0. The molecular formula is C7H7Cl4NO. The van der Waals surface area contributed by atoms with Gasteiger partial charge in [-0.15, -0.1) is 12.4 Å². The largest absolute Gasteiger partial charge is 0.505 e. The Morgan fingerprint density at radius 3 is 2.23 bits per heavy atom. The van der Waals surface area contributed by atoms with Crippen molar-refractivity contribution in [2.24, 2.45) is 5.73 Å². The Morgan fingerprint density at radius 1 is 1.23 bits per heavy atom. The Bertz CT molecular complexity index is 316. The van der Waals surface area contributed by atoms with Crippen molar-refractivity contribution in [1.29, 1.82) is 0 Å². The second-order valence-electron chi connectivity index (χ2n) is 2.20. The third-order valence-corrected chi connectivity index (χ3v) is 2.61. The maximum Gasteiger partial charge on any atom is 0.154 e. The van der Waals surface area contributed by atoms with Gasteiger partial charge in [-0.1, -0.05) is 34.8 Å². The summed E-state index contributed by atoms with van der Waals surface area (Å²) in [6.07, 6.45) is 0. The van der Waals surface area contributed by atoms with E-state index in [1.54, 1.807) is 0 Å². The van der Waals surface area contributed by atoms with Crippen LogP contribution in [0.2, 0.25) is 15.1 Å². The second-order valence-corrected chi connectivity index (χ2v) is 3.36. The van der Waals surface area contributed by atoms with Gasteiger partial charge >= 0.3 is 0 Å². The lowest BCUT2D eigenvalue weighted by molar-refractivity contribution is 0.475. The van der Waals surface area contributed by atoms with Crippen molar-refractivity contribution in [3.63, 3.8) is 0 Å². The molecule has 0 bridgehead atoms. The van der Waals surface area contributed by atoms with Gasteiger partial charge in [-0.2, -0.15) is 0 Å². The smallest absolute Gasteiger partial charge is 0.154 e. The van der Waals surface area contributed by atoms with E-state index in [2.05, 4.69) is 0 Å². The van der Waals surface area contributed by atoms with E-state index in [0.717, 1.165) is 0 Å². The summed E-state index contributed by atoms with van der Waals surface area (Å²) in [5.41, 5.74) is 5.97. The molecule has 0 atom stereocenters. The number of phenols is 1. The molecule has 74 valence electrons. The summed E-state index contributed by atoms with van der Waals surface area (Å²) in [5.74, 6) is -0.208. The van der Waals surface area contributed by atoms with E-state index in [4.69, 9.17) is 40.5 Å². The fraction of sp³-hybridized carbons (Fsp3) is 0.143. The number of nitrogens with two attached hydrogens (primary N) is 1. The fourth-order valence-electron chi connectivity index (χ4n) is 0.783. The average Bonchev–Trinajstić information content (AvgIpc) is 2.08. The minimum atomic E-state index is -0.208. The number of phenolic OH excluding ortho intramolecular Hbond substituents is 1. The summed E-state index contributed by atoms with van der Waals surface area (Å²) in [5, 5.41) is 9.67. The van der Waals surface area contributed by atoms with E-state index in [0.29, 0.717) is 5.56 Å². The van der Waals surface area contributed by atoms with Gasteiger partial charge in [0.25, 0.3) is 0 Å². The van der Waals surface area contributed by atoms with Gasteiger partial charge in [0.2, 0.25) is 0 Å². The molecule has 0 fully saturated rings. The highest BCUT2D eigenvalue weighted by molar-refractivity contribution is 6.45. The average molecular weight is 263 g/mol. The van der Waals surface area contributed by atoms with E-state index in [1.165, 1.54) is 6.07 Å². The maximum absolute atomic E-state index is 9.22. The molecule has 0 aliphatic carbocycles. The van der Waals surface area contributed by atoms with Crippen LogP contribution < -0.4 is 5.73 Å². The highest BCUT2D eigenvalue weighted by Crippen LogP contribution is 2.39. The van der Waals surface area contributed by atoms with E-state index in [1.807, 2.05) is 0 Å². The third-order valence-electron chi connectivity index (χ3n) is 1.43. The van der Waals surface area contributed by atoms with Gasteiger partial charge in [-0.25, -0.2) is 0 Å². The van der Waals surface area contributed by atoms with Crippen LogP contribution in [0, 0.1) is 0 Å². The van der Waals surface area contributed by atoms with Crippen molar-refractivity contribution >= 4 is 47.2 Å². The lowest BCUT2D eigenvalue weighted by Crippen LogP contribution is -1.97. The molecule has 0 radical (unpaired) electrons. The van der Waals surface area contributed by atoms with Gasteiger partial charge in [0, 0.05) is 6.54 Å². The first-order chi connectivity index (χ1) is 5.57. The number of hydrogen-bond donors (Lipinski definition) is 2. The minimum Gasteiger partial charge on any atom is -0.505 e. The van der Waals surface area contributed by atoms with Crippen LogP contribution in [0.4, 0.5) is 0 Å². The molecule has 0 heterocycles. The number of hydrogen-bond acceptors (Lipinski definition) is 2. The van der Waals surface area contributed by atoms with Gasteiger partial charge in [0.05, 0.1) is 10.0 Å².